The van der Waals surface area contributed by atoms with Crippen molar-refractivity contribution in [2.45, 2.75) is 39.2 Å². The number of aryl methyl sites for hydroxylation is 1. The summed E-state index contributed by atoms with van der Waals surface area (Å²) in [6.45, 7) is 5.14. The highest BCUT2D eigenvalue weighted by molar-refractivity contribution is 5.97. The van der Waals surface area contributed by atoms with E-state index >= 15 is 0 Å². The molecule has 1 aliphatic rings. The number of carbonyl (C=O) groups is 2. The minimum absolute atomic E-state index is 0.0410. The maximum Gasteiger partial charge on any atom is 0.335 e. The van der Waals surface area contributed by atoms with Gasteiger partial charge in [0, 0.05) is 18.3 Å². The fraction of sp³-hybridized carbons (Fsp3) is 0.500. The van der Waals surface area contributed by atoms with Crippen LogP contribution in [0.3, 0.4) is 0 Å². The fourth-order valence-corrected chi connectivity index (χ4v) is 2.49. The van der Waals surface area contributed by atoms with Crippen LogP contribution in [0, 0.1) is 0 Å². The number of carboxylic acid groups (broad SMARTS) is 1. The van der Waals surface area contributed by atoms with Crippen LogP contribution in [0.4, 0.5) is 5.69 Å². The maximum absolute atomic E-state index is 12.3. The van der Waals surface area contributed by atoms with E-state index in [9.17, 15) is 9.59 Å². The summed E-state index contributed by atoms with van der Waals surface area (Å²) in [6.07, 6.45) is 2.66. The quantitative estimate of drug-likeness (QED) is 0.871. The van der Waals surface area contributed by atoms with Crippen LogP contribution in [-0.4, -0.2) is 36.1 Å². The molecule has 5 heteroatoms. The topological polar surface area (TPSA) is 69.6 Å². The Morgan fingerprint density at radius 1 is 1.43 bits per heavy atom. The van der Waals surface area contributed by atoms with Crippen molar-refractivity contribution >= 4 is 17.6 Å². The van der Waals surface area contributed by atoms with Gasteiger partial charge in [-0.15, -0.1) is 0 Å². The number of aromatic carboxylic acids is 1. The number of carbonyl (C=O) groups excluding carboxylic acids is 1. The van der Waals surface area contributed by atoms with Gasteiger partial charge in [0.15, 0.2) is 0 Å². The Morgan fingerprint density at radius 2 is 2.19 bits per heavy atom. The lowest BCUT2D eigenvalue weighted by molar-refractivity contribution is -0.118. The maximum atomic E-state index is 12.3. The van der Waals surface area contributed by atoms with Crippen molar-refractivity contribution in [1.82, 2.24) is 5.32 Å². The third-order valence-corrected chi connectivity index (χ3v) is 3.96. The summed E-state index contributed by atoms with van der Waals surface area (Å²) in [7, 11) is 0. The molecule has 21 heavy (non-hydrogen) atoms. The van der Waals surface area contributed by atoms with Crippen LogP contribution in [0.1, 0.15) is 42.6 Å². The highest BCUT2D eigenvalue weighted by atomic mass is 16.4. The molecule has 0 spiro atoms. The fourth-order valence-electron chi connectivity index (χ4n) is 2.49. The van der Waals surface area contributed by atoms with E-state index in [0.717, 1.165) is 30.5 Å². The third kappa shape index (κ3) is 3.61. The normalized spacial score (nSPS) is 15.4. The molecule has 0 radical (unpaired) electrons. The molecule has 1 aromatic carbocycles. The molecule has 5 nitrogen and oxygen atoms in total. The first kappa shape index (κ1) is 15.5. The van der Waals surface area contributed by atoms with E-state index in [-0.39, 0.29) is 11.5 Å². The van der Waals surface area contributed by atoms with Crippen LogP contribution < -0.4 is 10.2 Å². The number of hydrogen-bond donors (Lipinski definition) is 2. The van der Waals surface area contributed by atoms with Crippen molar-refractivity contribution in [3.63, 3.8) is 0 Å². The smallest absolute Gasteiger partial charge is 0.335 e. The summed E-state index contributed by atoms with van der Waals surface area (Å²) in [5.74, 6) is -0.890. The van der Waals surface area contributed by atoms with Gasteiger partial charge < -0.3 is 15.3 Å². The second kappa shape index (κ2) is 6.72. The van der Waals surface area contributed by atoms with Crippen LogP contribution in [0.5, 0.6) is 0 Å². The number of nitrogens with one attached hydrogen (secondary N) is 1. The first-order valence-corrected chi connectivity index (χ1v) is 7.43. The van der Waals surface area contributed by atoms with Gasteiger partial charge in [0.05, 0.1) is 12.1 Å². The Labute approximate surface area is 125 Å². The average Bonchev–Trinajstić information content (AvgIpc) is 2.50. The summed E-state index contributed by atoms with van der Waals surface area (Å²) >= 11 is 0. The van der Waals surface area contributed by atoms with E-state index in [1.54, 1.807) is 23.1 Å². The molecule has 2 rings (SSSR count). The monoisotopic (exact) mass is 290 g/mol. The predicted octanol–water partition coefficient (Wildman–Crippen LogP) is 2.05. The van der Waals surface area contributed by atoms with Gasteiger partial charge in [-0.25, -0.2) is 4.79 Å². The van der Waals surface area contributed by atoms with Crippen LogP contribution in [0.2, 0.25) is 0 Å². The summed E-state index contributed by atoms with van der Waals surface area (Å²) in [5, 5.41) is 12.2. The molecule has 0 aromatic heterocycles. The van der Waals surface area contributed by atoms with E-state index in [0.29, 0.717) is 19.1 Å². The van der Waals surface area contributed by atoms with Crippen molar-refractivity contribution in [3.8, 4) is 0 Å². The second-order valence-electron chi connectivity index (χ2n) is 5.49. The molecular weight excluding hydrogens is 268 g/mol. The largest absolute Gasteiger partial charge is 0.478 e. The van der Waals surface area contributed by atoms with E-state index in [2.05, 4.69) is 19.2 Å². The first-order chi connectivity index (χ1) is 10.0. The molecule has 0 bridgehead atoms. The predicted molar refractivity (Wildman–Crippen MR) is 81.8 cm³/mol. The number of carboxylic acids is 1. The average molecular weight is 290 g/mol. The van der Waals surface area contributed by atoms with E-state index in [1.165, 1.54) is 0 Å². The highest BCUT2D eigenvalue weighted by Crippen LogP contribution is 2.28. The van der Waals surface area contributed by atoms with Gasteiger partial charge in [-0.1, -0.05) is 6.92 Å². The molecule has 2 N–H and O–H groups in total. The third-order valence-electron chi connectivity index (χ3n) is 3.96. The van der Waals surface area contributed by atoms with Crippen molar-refractivity contribution in [3.05, 3.63) is 29.3 Å². The Kier molecular flexibility index (Phi) is 4.96. The number of fused-ring (bicyclic) bond motifs is 1. The highest BCUT2D eigenvalue weighted by Gasteiger charge is 2.23. The van der Waals surface area contributed by atoms with Crippen LogP contribution in [0.25, 0.3) is 0 Å². The number of hydrogen-bond acceptors (Lipinski definition) is 3. The van der Waals surface area contributed by atoms with Crippen LogP contribution >= 0.6 is 0 Å². The van der Waals surface area contributed by atoms with Gasteiger partial charge in [-0.05, 0) is 49.9 Å². The molecule has 1 aliphatic heterocycles. The van der Waals surface area contributed by atoms with Crippen molar-refractivity contribution in [1.29, 1.82) is 0 Å². The van der Waals surface area contributed by atoms with Crippen molar-refractivity contribution < 1.29 is 14.7 Å². The summed E-state index contributed by atoms with van der Waals surface area (Å²) in [5.41, 5.74) is 2.07. The Morgan fingerprint density at radius 3 is 2.86 bits per heavy atom. The van der Waals surface area contributed by atoms with Gasteiger partial charge in [0.25, 0.3) is 0 Å². The molecule has 0 aliphatic carbocycles. The molecule has 1 aromatic rings. The molecule has 0 saturated carbocycles. The molecule has 1 atom stereocenters. The van der Waals surface area contributed by atoms with E-state index < -0.39 is 5.97 Å². The number of benzene rings is 1. The number of rotatable bonds is 5. The van der Waals surface area contributed by atoms with Crippen LogP contribution in [-0.2, 0) is 11.2 Å². The molecule has 114 valence electrons. The van der Waals surface area contributed by atoms with Crippen molar-refractivity contribution in [2.24, 2.45) is 0 Å². The zero-order valence-electron chi connectivity index (χ0n) is 12.6. The molecule has 1 amide bonds. The Balaban J connectivity index is 2.14. The lowest BCUT2D eigenvalue weighted by Crippen LogP contribution is -2.43. The SMILES string of the molecule is CCC(C)NCC(=O)N1CCCc2cc(C(=O)O)ccc21. The summed E-state index contributed by atoms with van der Waals surface area (Å²) < 4.78 is 0. The minimum Gasteiger partial charge on any atom is -0.478 e. The van der Waals surface area contributed by atoms with Gasteiger partial charge in [-0.3, -0.25) is 4.79 Å². The minimum atomic E-state index is -0.931. The second-order valence-corrected chi connectivity index (χ2v) is 5.49. The molecular formula is C16H22N2O3. The summed E-state index contributed by atoms with van der Waals surface area (Å²) in [6, 6.07) is 5.31. The van der Waals surface area contributed by atoms with Gasteiger partial charge in [0.2, 0.25) is 5.91 Å². The lowest BCUT2D eigenvalue weighted by atomic mass is 9.99. The van der Waals surface area contributed by atoms with Crippen molar-refractivity contribution in [2.75, 3.05) is 18.0 Å². The number of nitrogens with zero attached hydrogens (tertiary/aromatic N) is 1. The standard InChI is InChI=1S/C16H22N2O3/c1-3-11(2)17-10-15(19)18-8-4-5-12-9-13(16(20)21)6-7-14(12)18/h6-7,9,11,17H,3-5,8,10H2,1-2H3,(H,20,21). The van der Waals surface area contributed by atoms with E-state index in [1.807, 2.05) is 0 Å². The van der Waals surface area contributed by atoms with Gasteiger partial charge >= 0.3 is 5.97 Å². The van der Waals surface area contributed by atoms with Crippen LogP contribution in [0.15, 0.2) is 18.2 Å². The molecule has 0 fully saturated rings. The van der Waals surface area contributed by atoms with Gasteiger partial charge in [0.1, 0.15) is 0 Å². The van der Waals surface area contributed by atoms with Gasteiger partial charge in [-0.2, -0.15) is 0 Å². The Bertz CT molecular complexity index is 542. The molecule has 1 heterocycles. The number of amides is 1. The molecule has 1 unspecified atom stereocenters. The lowest BCUT2D eigenvalue weighted by Gasteiger charge is -2.30. The Hall–Kier alpha value is -1.88. The zero-order chi connectivity index (χ0) is 15.4. The molecule has 0 saturated heterocycles. The number of anilines is 1. The van der Waals surface area contributed by atoms with E-state index in [4.69, 9.17) is 5.11 Å². The summed E-state index contributed by atoms with van der Waals surface area (Å²) in [4.78, 5) is 25.1. The first-order valence-electron chi connectivity index (χ1n) is 7.43. The zero-order valence-corrected chi connectivity index (χ0v) is 12.6.